The zero-order valence-electron chi connectivity index (χ0n) is 16.4. The summed E-state index contributed by atoms with van der Waals surface area (Å²) < 4.78 is 53.8. The van der Waals surface area contributed by atoms with Crippen molar-refractivity contribution in [1.29, 1.82) is 0 Å². The Balaban J connectivity index is 2.13. The van der Waals surface area contributed by atoms with Crippen molar-refractivity contribution in [3.63, 3.8) is 0 Å². The third kappa shape index (κ3) is 5.71. The van der Waals surface area contributed by atoms with Crippen molar-refractivity contribution in [2.75, 3.05) is 13.1 Å². The highest BCUT2D eigenvalue weighted by Gasteiger charge is 2.36. The summed E-state index contributed by atoms with van der Waals surface area (Å²) in [5.41, 5.74) is -0.544. The fourth-order valence-electron chi connectivity index (χ4n) is 2.71. The fraction of sp³-hybridized carbons (Fsp3) is 0.474. The van der Waals surface area contributed by atoms with Crippen molar-refractivity contribution in [2.45, 2.75) is 38.9 Å². The Morgan fingerprint density at radius 1 is 1.21 bits per heavy atom. The third-order valence-electron chi connectivity index (χ3n) is 4.23. The van der Waals surface area contributed by atoms with Crippen LogP contribution in [0, 0.1) is 5.82 Å². The number of alkyl halides is 3. The van der Waals surface area contributed by atoms with Gasteiger partial charge in [-0.2, -0.15) is 18.3 Å². The second-order valence-electron chi connectivity index (χ2n) is 7.12. The second kappa shape index (κ2) is 8.62. The number of aromatic nitrogens is 2. The number of hydrogen-bond donors (Lipinski definition) is 2. The molecule has 154 valence electrons. The number of guanidine groups is 1. The largest absolute Gasteiger partial charge is 0.435 e. The van der Waals surface area contributed by atoms with Crippen LogP contribution in [-0.2, 0) is 25.2 Å². The minimum Gasteiger partial charge on any atom is -0.357 e. The van der Waals surface area contributed by atoms with Crippen LogP contribution in [0.15, 0.2) is 35.5 Å². The van der Waals surface area contributed by atoms with E-state index in [4.69, 9.17) is 0 Å². The molecule has 2 aromatic rings. The first kappa shape index (κ1) is 21.7. The second-order valence-corrected chi connectivity index (χ2v) is 7.12. The molecule has 28 heavy (non-hydrogen) atoms. The Hall–Kier alpha value is -2.58. The van der Waals surface area contributed by atoms with Crippen molar-refractivity contribution in [3.8, 4) is 0 Å². The van der Waals surface area contributed by atoms with E-state index in [0.29, 0.717) is 19.0 Å². The number of nitrogens with zero attached hydrogens (tertiary/aromatic N) is 3. The lowest BCUT2D eigenvalue weighted by Gasteiger charge is -2.27. The molecule has 1 heterocycles. The highest BCUT2D eigenvalue weighted by molar-refractivity contribution is 5.79. The fourth-order valence-corrected chi connectivity index (χ4v) is 2.71. The van der Waals surface area contributed by atoms with Gasteiger partial charge in [0, 0.05) is 37.3 Å². The highest BCUT2D eigenvalue weighted by Crippen LogP contribution is 2.30. The van der Waals surface area contributed by atoms with Gasteiger partial charge in [0.1, 0.15) is 5.82 Å². The summed E-state index contributed by atoms with van der Waals surface area (Å²) in [6.07, 6.45) is -3.22. The summed E-state index contributed by atoms with van der Waals surface area (Å²) in [6.45, 7) is 6.55. The number of hydrogen-bond acceptors (Lipinski definition) is 2. The molecule has 0 aliphatic heterocycles. The Labute approximate surface area is 161 Å². The molecule has 9 heteroatoms. The smallest absolute Gasteiger partial charge is 0.357 e. The van der Waals surface area contributed by atoms with E-state index in [9.17, 15) is 17.6 Å². The molecule has 2 rings (SSSR count). The average molecular weight is 399 g/mol. The van der Waals surface area contributed by atoms with Crippen molar-refractivity contribution in [1.82, 2.24) is 20.4 Å². The van der Waals surface area contributed by atoms with E-state index in [1.54, 1.807) is 6.07 Å². The molecule has 0 radical (unpaired) electrons. The maximum Gasteiger partial charge on any atom is 0.435 e. The number of nitrogens with one attached hydrogen (secondary N) is 2. The van der Waals surface area contributed by atoms with Gasteiger partial charge < -0.3 is 10.6 Å². The van der Waals surface area contributed by atoms with E-state index in [2.05, 4.69) is 20.7 Å². The molecule has 0 saturated heterocycles. The summed E-state index contributed by atoms with van der Waals surface area (Å²) in [7, 11) is 1.44. The topological polar surface area (TPSA) is 54.2 Å². The lowest BCUT2D eigenvalue weighted by molar-refractivity contribution is -0.142. The number of rotatable bonds is 6. The molecule has 1 aromatic heterocycles. The van der Waals surface area contributed by atoms with Gasteiger partial charge in [-0.3, -0.25) is 4.68 Å². The summed E-state index contributed by atoms with van der Waals surface area (Å²) in [4.78, 5) is 4.25. The molecule has 2 N–H and O–H groups in total. The van der Waals surface area contributed by atoms with E-state index >= 15 is 0 Å². The van der Waals surface area contributed by atoms with Gasteiger partial charge in [-0.25, -0.2) is 9.38 Å². The van der Waals surface area contributed by atoms with E-state index in [-0.39, 0.29) is 17.9 Å². The Morgan fingerprint density at radius 3 is 2.54 bits per heavy atom. The van der Waals surface area contributed by atoms with Crippen LogP contribution in [-0.4, -0.2) is 28.8 Å². The van der Waals surface area contributed by atoms with Gasteiger partial charge >= 0.3 is 6.18 Å². The molecule has 0 bridgehead atoms. The first-order valence-corrected chi connectivity index (χ1v) is 8.91. The monoisotopic (exact) mass is 399 g/mol. The maximum absolute atomic E-state index is 13.5. The summed E-state index contributed by atoms with van der Waals surface area (Å²) in [6, 6.07) is 6.33. The maximum atomic E-state index is 13.5. The van der Waals surface area contributed by atoms with Crippen LogP contribution in [0.2, 0.25) is 0 Å². The molecule has 0 aliphatic carbocycles. The van der Waals surface area contributed by atoms with Gasteiger partial charge in [0.15, 0.2) is 11.7 Å². The SMILES string of the molecule is CCNC(=NCc1cn(C)nc1C(F)(F)F)NCC(C)(C)c1cccc(F)c1. The first-order valence-electron chi connectivity index (χ1n) is 8.91. The number of benzene rings is 1. The van der Waals surface area contributed by atoms with Crippen molar-refractivity contribution < 1.29 is 17.6 Å². The van der Waals surface area contributed by atoms with Crippen LogP contribution in [0.5, 0.6) is 0 Å². The predicted octanol–water partition coefficient (Wildman–Crippen LogP) is 3.61. The average Bonchev–Trinajstić information content (AvgIpc) is 2.98. The quantitative estimate of drug-likeness (QED) is 0.443. The first-order chi connectivity index (χ1) is 13.0. The summed E-state index contributed by atoms with van der Waals surface area (Å²) in [5, 5.41) is 9.62. The van der Waals surface area contributed by atoms with Crippen LogP contribution in [0.25, 0.3) is 0 Å². The van der Waals surface area contributed by atoms with Crippen LogP contribution in [0.3, 0.4) is 0 Å². The van der Waals surface area contributed by atoms with Gasteiger partial charge in [-0.1, -0.05) is 26.0 Å². The van der Waals surface area contributed by atoms with Gasteiger partial charge in [0.2, 0.25) is 0 Å². The standard InChI is InChI=1S/C19H25F4N5/c1-5-24-17(25-10-13-11-28(4)27-16(13)19(21,22)23)26-12-18(2,3)14-7-6-8-15(20)9-14/h6-9,11H,5,10,12H2,1-4H3,(H2,24,25,26). The highest BCUT2D eigenvalue weighted by atomic mass is 19.4. The summed E-state index contributed by atoms with van der Waals surface area (Å²) in [5.74, 6) is 0.0614. The predicted molar refractivity (Wildman–Crippen MR) is 100 cm³/mol. The molecule has 0 aliphatic rings. The Bertz CT molecular complexity index is 824. The minimum absolute atomic E-state index is 0.00315. The molecule has 0 atom stereocenters. The zero-order chi connectivity index (χ0) is 20.9. The molecule has 0 fully saturated rings. The van der Waals surface area contributed by atoms with E-state index in [1.807, 2.05) is 26.8 Å². The van der Waals surface area contributed by atoms with E-state index < -0.39 is 17.3 Å². The minimum atomic E-state index is -4.53. The third-order valence-corrected chi connectivity index (χ3v) is 4.23. The van der Waals surface area contributed by atoms with E-state index in [0.717, 1.165) is 10.2 Å². The van der Waals surface area contributed by atoms with Gasteiger partial charge in [-0.15, -0.1) is 0 Å². The lowest BCUT2D eigenvalue weighted by atomic mass is 9.84. The van der Waals surface area contributed by atoms with Crippen LogP contribution >= 0.6 is 0 Å². The van der Waals surface area contributed by atoms with Crippen molar-refractivity contribution >= 4 is 5.96 Å². The zero-order valence-corrected chi connectivity index (χ0v) is 16.4. The molecular formula is C19H25F4N5. The van der Waals surface area contributed by atoms with Crippen LogP contribution in [0.1, 0.15) is 37.6 Å². The number of halogens is 4. The van der Waals surface area contributed by atoms with Crippen molar-refractivity contribution in [3.05, 3.63) is 53.1 Å². The van der Waals surface area contributed by atoms with Gasteiger partial charge in [-0.05, 0) is 24.6 Å². The molecule has 0 spiro atoms. The molecular weight excluding hydrogens is 374 g/mol. The molecule has 0 amide bonds. The van der Waals surface area contributed by atoms with Crippen molar-refractivity contribution in [2.24, 2.45) is 12.0 Å². The molecule has 0 unspecified atom stereocenters. The Kier molecular flexibility index (Phi) is 6.69. The Morgan fingerprint density at radius 2 is 1.93 bits per heavy atom. The van der Waals surface area contributed by atoms with Gasteiger partial charge in [0.05, 0.1) is 6.54 Å². The normalized spacial score (nSPS) is 12.9. The molecule has 0 saturated carbocycles. The molecule has 1 aromatic carbocycles. The van der Waals surface area contributed by atoms with Crippen LogP contribution in [0.4, 0.5) is 17.6 Å². The number of aliphatic imine (C=N–C) groups is 1. The van der Waals surface area contributed by atoms with Crippen LogP contribution < -0.4 is 10.6 Å². The summed E-state index contributed by atoms with van der Waals surface area (Å²) >= 11 is 0. The van der Waals surface area contributed by atoms with Gasteiger partial charge in [0.25, 0.3) is 0 Å². The number of aryl methyl sites for hydroxylation is 1. The van der Waals surface area contributed by atoms with E-state index in [1.165, 1.54) is 25.4 Å². The lowest BCUT2D eigenvalue weighted by Crippen LogP contribution is -2.43. The molecule has 5 nitrogen and oxygen atoms in total.